The molecule has 112 valence electrons. The molecule has 21 heavy (non-hydrogen) atoms. The molecule has 0 amide bonds. The van der Waals surface area contributed by atoms with Crippen molar-refractivity contribution in [3.63, 3.8) is 0 Å². The maximum Gasteiger partial charge on any atom is 0.350 e. The van der Waals surface area contributed by atoms with E-state index >= 15 is 0 Å². The lowest BCUT2D eigenvalue weighted by Gasteiger charge is -2.29. The fraction of sp³-hybridized carbons (Fsp3) is 0.286. The molecule has 2 rings (SSSR count). The molecule has 0 bridgehead atoms. The van der Waals surface area contributed by atoms with Gasteiger partial charge in [0.15, 0.2) is 5.57 Å². The summed E-state index contributed by atoms with van der Waals surface area (Å²) in [4.78, 5) is 23.5. The van der Waals surface area contributed by atoms with Gasteiger partial charge >= 0.3 is 11.9 Å². The largest absolute Gasteiger partial charge is 0.506 e. The highest BCUT2D eigenvalue weighted by atomic mass is 79.9. The average Bonchev–Trinajstić information content (AvgIpc) is 2.29. The lowest BCUT2D eigenvalue weighted by molar-refractivity contribution is -0.222. The Kier molecular flexibility index (Phi) is 3.95. The zero-order valence-electron chi connectivity index (χ0n) is 11.7. The van der Waals surface area contributed by atoms with Crippen LogP contribution in [0.4, 0.5) is 5.69 Å². The molecular formula is C14H14BrNO5. The Morgan fingerprint density at radius 2 is 1.81 bits per heavy atom. The third-order valence-electron chi connectivity index (χ3n) is 2.76. The number of aromatic hydroxyl groups is 1. The van der Waals surface area contributed by atoms with Gasteiger partial charge in [-0.25, -0.2) is 9.59 Å². The number of aryl methyl sites for hydroxylation is 1. The first kappa shape index (κ1) is 15.4. The summed E-state index contributed by atoms with van der Waals surface area (Å²) < 4.78 is 10.6. The van der Waals surface area contributed by atoms with E-state index in [1.54, 1.807) is 13.0 Å². The molecule has 0 aliphatic carbocycles. The molecule has 1 heterocycles. The van der Waals surface area contributed by atoms with Crippen LogP contribution in [0.15, 0.2) is 28.4 Å². The van der Waals surface area contributed by atoms with Crippen LogP contribution in [0.2, 0.25) is 0 Å². The molecule has 0 unspecified atom stereocenters. The normalized spacial score (nSPS) is 17.0. The Labute approximate surface area is 129 Å². The number of cyclic esters (lactones) is 2. The monoisotopic (exact) mass is 355 g/mol. The van der Waals surface area contributed by atoms with Gasteiger partial charge in [-0.3, -0.25) is 0 Å². The number of carbonyl (C=O) groups is 2. The summed E-state index contributed by atoms with van der Waals surface area (Å²) in [6, 6.07) is 3.27. The number of ether oxygens (including phenoxy) is 2. The van der Waals surface area contributed by atoms with E-state index in [4.69, 9.17) is 9.47 Å². The fourth-order valence-electron chi connectivity index (χ4n) is 1.84. The van der Waals surface area contributed by atoms with Crippen LogP contribution in [0.5, 0.6) is 5.75 Å². The van der Waals surface area contributed by atoms with Crippen LogP contribution in [0, 0.1) is 6.92 Å². The summed E-state index contributed by atoms with van der Waals surface area (Å²) >= 11 is 3.25. The van der Waals surface area contributed by atoms with Gasteiger partial charge < -0.3 is 19.9 Å². The second kappa shape index (κ2) is 5.40. The van der Waals surface area contributed by atoms with Gasteiger partial charge in [0.1, 0.15) is 5.75 Å². The number of benzene rings is 1. The number of phenols is 1. The molecule has 6 nitrogen and oxygen atoms in total. The predicted molar refractivity (Wildman–Crippen MR) is 78.5 cm³/mol. The summed E-state index contributed by atoms with van der Waals surface area (Å²) in [6.45, 7) is 4.71. The molecule has 1 aromatic rings. The lowest BCUT2D eigenvalue weighted by atomic mass is 10.2. The third-order valence-corrected chi connectivity index (χ3v) is 3.21. The highest BCUT2D eigenvalue weighted by molar-refractivity contribution is 9.10. The molecule has 0 aromatic heterocycles. The fourth-order valence-corrected chi connectivity index (χ4v) is 2.40. The van der Waals surface area contributed by atoms with Crippen LogP contribution in [0.25, 0.3) is 0 Å². The topological polar surface area (TPSA) is 84.9 Å². The molecule has 0 spiro atoms. The first-order chi connectivity index (χ1) is 9.69. The van der Waals surface area contributed by atoms with Gasteiger partial charge in [-0.2, -0.15) is 0 Å². The average molecular weight is 356 g/mol. The van der Waals surface area contributed by atoms with Gasteiger partial charge in [0.2, 0.25) is 0 Å². The standard InChI is InChI=1S/C14H14BrNO5/c1-7-4-8(15)5-10(17)11(7)16-6-9-12(18)20-14(2,3)21-13(9)19/h4-6,16-17H,1-3H3. The van der Waals surface area contributed by atoms with Gasteiger partial charge in [-0.1, -0.05) is 15.9 Å². The second-order valence-corrected chi connectivity index (χ2v) is 5.91. The van der Waals surface area contributed by atoms with Crippen LogP contribution in [0.3, 0.4) is 0 Å². The van der Waals surface area contributed by atoms with Gasteiger partial charge in [-0.05, 0) is 24.6 Å². The Hall–Kier alpha value is -2.02. The van der Waals surface area contributed by atoms with Crippen molar-refractivity contribution in [3.8, 4) is 5.75 Å². The number of anilines is 1. The molecule has 2 N–H and O–H groups in total. The van der Waals surface area contributed by atoms with E-state index in [2.05, 4.69) is 21.2 Å². The summed E-state index contributed by atoms with van der Waals surface area (Å²) in [5.41, 5.74) is 0.851. The lowest BCUT2D eigenvalue weighted by Crippen LogP contribution is -2.42. The molecule has 1 saturated heterocycles. The van der Waals surface area contributed by atoms with Crippen molar-refractivity contribution in [1.82, 2.24) is 0 Å². The SMILES string of the molecule is Cc1cc(Br)cc(O)c1NC=C1C(=O)OC(C)(C)OC1=O. The van der Waals surface area contributed by atoms with Crippen LogP contribution in [-0.4, -0.2) is 22.8 Å². The minimum atomic E-state index is -1.28. The molecular weight excluding hydrogens is 342 g/mol. The molecule has 1 fully saturated rings. The van der Waals surface area contributed by atoms with Crippen LogP contribution >= 0.6 is 15.9 Å². The Bertz CT molecular complexity index is 606. The molecule has 0 saturated carbocycles. The smallest absolute Gasteiger partial charge is 0.350 e. The highest BCUT2D eigenvalue weighted by Crippen LogP contribution is 2.31. The number of rotatable bonds is 2. The third kappa shape index (κ3) is 3.36. The van der Waals surface area contributed by atoms with Crippen molar-refractivity contribution in [3.05, 3.63) is 33.9 Å². The van der Waals surface area contributed by atoms with Gasteiger partial charge in [0.05, 0.1) is 5.69 Å². The van der Waals surface area contributed by atoms with Crippen molar-refractivity contribution in [1.29, 1.82) is 0 Å². The summed E-state index contributed by atoms with van der Waals surface area (Å²) in [6.07, 6.45) is 1.16. The minimum absolute atomic E-state index is 0.0170. The molecule has 1 aromatic carbocycles. The number of halogens is 1. The Morgan fingerprint density at radius 3 is 2.33 bits per heavy atom. The van der Waals surface area contributed by atoms with Crippen molar-refractivity contribution >= 4 is 33.6 Å². The zero-order valence-corrected chi connectivity index (χ0v) is 13.3. The predicted octanol–water partition coefficient (Wildman–Crippen LogP) is 2.60. The Morgan fingerprint density at radius 1 is 1.24 bits per heavy atom. The maximum absolute atomic E-state index is 11.8. The van der Waals surface area contributed by atoms with Gasteiger partial charge in [-0.15, -0.1) is 0 Å². The second-order valence-electron chi connectivity index (χ2n) is 5.00. The van der Waals surface area contributed by atoms with Crippen LogP contribution in [0.1, 0.15) is 19.4 Å². The number of esters is 2. The Balaban J connectivity index is 2.26. The number of hydrogen-bond donors (Lipinski definition) is 2. The van der Waals surface area contributed by atoms with E-state index in [0.717, 1.165) is 11.8 Å². The van der Waals surface area contributed by atoms with E-state index in [9.17, 15) is 14.7 Å². The van der Waals surface area contributed by atoms with Gasteiger partial charge in [0, 0.05) is 24.5 Å². The molecule has 0 atom stereocenters. The van der Waals surface area contributed by atoms with Crippen molar-refractivity contribution in [2.75, 3.05) is 5.32 Å². The molecule has 1 aliphatic heterocycles. The molecule has 1 aliphatic rings. The minimum Gasteiger partial charge on any atom is -0.506 e. The van der Waals surface area contributed by atoms with Crippen molar-refractivity contribution < 1.29 is 24.2 Å². The number of phenolic OH excluding ortho intramolecular Hbond substituents is 1. The first-order valence-electron chi connectivity index (χ1n) is 6.12. The maximum atomic E-state index is 11.8. The quantitative estimate of drug-likeness (QED) is 0.367. The zero-order chi connectivity index (χ0) is 15.8. The molecule has 7 heteroatoms. The summed E-state index contributed by atoms with van der Waals surface area (Å²) in [7, 11) is 0. The van der Waals surface area contributed by atoms with Crippen LogP contribution < -0.4 is 5.32 Å². The summed E-state index contributed by atoms with van der Waals surface area (Å²) in [5, 5.41) is 12.6. The van der Waals surface area contributed by atoms with E-state index in [-0.39, 0.29) is 11.3 Å². The number of hydrogen-bond acceptors (Lipinski definition) is 6. The first-order valence-corrected chi connectivity index (χ1v) is 6.91. The van der Waals surface area contributed by atoms with E-state index < -0.39 is 17.7 Å². The highest BCUT2D eigenvalue weighted by Gasteiger charge is 2.38. The summed E-state index contributed by atoms with van der Waals surface area (Å²) in [5.74, 6) is -2.85. The molecule has 0 radical (unpaired) electrons. The number of nitrogens with one attached hydrogen (secondary N) is 1. The number of carbonyl (C=O) groups excluding carboxylic acids is 2. The van der Waals surface area contributed by atoms with Gasteiger partial charge in [0.25, 0.3) is 5.79 Å². The van der Waals surface area contributed by atoms with Crippen molar-refractivity contribution in [2.45, 2.75) is 26.6 Å². The van der Waals surface area contributed by atoms with Crippen LogP contribution in [-0.2, 0) is 19.1 Å². The van der Waals surface area contributed by atoms with E-state index in [1.165, 1.54) is 19.9 Å². The van der Waals surface area contributed by atoms with E-state index in [0.29, 0.717) is 10.2 Å². The van der Waals surface area contributed by atoms with E-state index in [1.807, 2.05) is 0 Å². The van der Waals surface area contributed by atoms with Crippen molar-refractivity contribution in [2.24, 2.45) is 0 Å².